The molecule has 3 heteroatoms. The molecule has 0 bridgehead atoms. The van der Waals surface area contributed by atoms with E-state index < -0.39 is 0 Å². The zero-order chi connectivity index (χ0) is 15.4. The lowest BCUT2D eigenvalue weighted by molar-refractivity contribution is 0.237. The molecular formula is C19H26N2O. The molecule has 2 aromatic carbocycles. The van der Waals surface area contributed by atoms with Crippen LogP contribution in [0.15, 0.2) is 36.4 Å². The first-order chi connectivity index (χ1) is 10.7. The van der Waals surface area contributed by atoms with Crippen molar-refractivity contribution in [2.24, 2.45) is 5.92 Å². The van der Waals surface area contributed by atoms with Crippen molar-refractivity contribution >= 4 is 10.8 Å². The predicted molar refractivity (Wildman–Crippen MR) is 92.4 cm³/mol. The summed E-state index contributed by atoms with van der Waals surface area (Å²) in [7, 11) is 3.94. The third-order valence-corrected chi connectivity index (χ3v) is 4.53. The Bertz CT molecular complexity index is 620. The number of nitrogens with one attached hydrogen (secondary N) is 1. The van der Waals surface area contributed by atoms with Crippen LogP contribution < -0.4 is 10.1 Å². The average Bonchev–Trinajstić information content (AvgIpc) is 2.55. The number of hydrogen-bond acceptors (Lipinski definition) is 3. The molecule has 0 amide bonds. The number of fused-ring (bicyclic) bond motifs is 1. The normalized spacial score (nSPS) is 18.8. The molecule has 1 heterocycles. The predicted octanol–water partition coefficient (Wildman–Crippen LogP) is 3.28. The quantitative estimate of drug-likeness (QED) is 0.917. The Morgan fingerprint density at radius 3 is 2.77 bits per heavy atom. The molecular weight excluding hydrogens is 272 g/mol. The van der Waals surface area contributed by atoms with Crippen molar-refractivity contribution in [3.8, 4) is 5.75 Å². The lowest BCUT2D eigenvalue weighted by Gasteiger charge is -2.27. The molecule has 22 heavy (non-hydrogen) atoms. The van der Waals surface area contributed by atoms with E-state index in [1.807, 2.05) is 6.07 Å². The Morgan fingerprint density at radius 1 is 1.18 bits per heavy atom. The molecule has 0 saturated carbocycles. The summed E-state index contributed by atoms with van der Waals surface area (Å²) >= 11 is 0. The highest BCUT2D eigenvalue weighted by atomic mass is 16.5. The van der Waals surface area contributed by atoms with Crippen LogP contribution in [-0.4, -0.2) is 38.7 Å². The summed E-state index contributed by atoms with van der Waals surface area (Å²) in [5.41, 5.74) is 1.38. The number of ether oxygens (including phenoxy) is 1. The molecule has 1 aliphatic rings. The van der Waals surface area contributed by atoms with Gasteiger partial charge in [0.1, 0.15) is 5.75 Å². The third-order valence-electron chi connectivity index (χ3n) is 4.53. The van der Waals surface area contributed by atoms with Gasteiger partial charge >= 0.3 is 0 Å². The highest BCUT2D eigenvalue weighted by Gasteiger charge is 2.15. The maximum atomic E-state index is 5.29. The second-order valence-electron chi connectivity index (χ2n) is 6.46. The van der Waals surface area contributed by atoms with Crippen molar-refractivity contribution in [3.05, 3.63) is 42.0 Å². The summed E-state index contributed by atoms with van der Waals surface area (Å²) < 4.78 is 5.29. The third kappa shape index (κ3) is 3.79. The van der Waals surface area contributed by atoms with E-state index in [0.717, 1.165) is 18.2 Å². The minimum atomic E-state index is 0.795. The van der Waals surface area contributed by atoms with E-state index in [-0.39, 0.29) is 0 Å². The van der Waals surface area contributed by atoms with Crippen LogP contribution in [-0.2, 0) is 6.54 Å². The fraction of sp³-hybridized carbons (Fsp3) is 0.474. The molecule has 1 saturated heterocycles. The Hall–Kier alpha value is -1.58. The van der Waals surface area contributed by atoms with Crippen LogP contribution in [0.4, 0.5) is 0 Å². The van der Waals surface area contributed by atoms with Gasteiger partial charge in [0.05, 0.1) is 7.11 Å². The molecule has 2 aromatic rings. The summed E-state index contributed by atoms with van der Waals surface area (Å²) in [5.74, 6) is 1.71. The molecule has 1 fully saturated rings. The summed E-state index contributed by atoms with van der Waals surface area (Å²) in [6.45, 7) is 4.54. The SMILES string of the molecule is COc1ccc2cc(CN(C)CC3CCCNC3)ccc2c1. The highest BCUT2D eigenvalue weighted by Crippen LogP contribution is 2.22. The molecule has 118 valence electrons. The Kier molecular flexibility index (Phi) is 4.96. The lowest BCUT2D eigenvalue weighted by atomic mass is 9.99. The van der Waals surface area contributed by atoms with Crippen LogP contribution in [0.3, 0.4) is 0 Å². The highest BCUT2D eigenvalue weighted by molar-refractivity contribution is 5.84. The second kappa shape index (κ2) is 7.12. The van der Waals surface area contributed by atoms with Gasteiger partial charge in [0.2, 0.25) is 0 Å². The van der Waals surface area contributed by atoms with E-state index in [4.69, 9.17) is 4.74 Å². The summed E-state index contributed by atoms with van der Waals surface area (Å²) in [4.78, 5) is 2.45. The van der Waals surface area contributed by atoms with Gasteiger partial charge in [0.15, 0.2) is 0 Å². The number of nitrogens with zero attached hydrogens (tertiary/aromatic N) is 1. The number of rotatable bonds is 5. The van der Waals surface area contributed by atoms with E-state index in [0.29, 0.717) is 0 Å². The monoisotopic (exact) mass is 298 g/mol. The van der Waals surface area contributed by atoms with Gasteiger partial charge in [-0.2, -0.15) is 0 Å². The first-order valence-electron chi connectivity index (χ1n) is 8.20. The molecule has 3 rings (SSSR count). The topological polar surface area (TPSA) is 24.5 Å². The van der Waals surface area contributed by atoms with Crippen molar-refractivity contribution in [2.75, 3.05) is 33.8 Å². The van der Waals surface area contributed by atoms with E-state index in [2.05, 4.69) is 47.6 Å². The molecule has 0 spiro atoms. The second-order valence-corrected chi connectivity index (χ2v) is 6.46. The summed E-state index contributed by atoms with van der Waals surface area (Å²) in [5, 5.41) is 6.02. The van der Waals surface area contributed by atoms with Gasteiger partial charge in [-0.15, -0.1) is 0 Å². The molecule has 3 nitrogen and oxygen atoms in total. The number of piperidine rings is 1. The number of benzene rings is 2. The van der Waals surface area contributed by atoms with Gasteiger partial charge in [0, 0.05) is 13.1 Å². The van der Waals surface area contributed by atoms with Gasteiger partial charge in [0.25, 0.3) is 0 Å². The van der Waals surface area contributed by atoms with Crippen LogP contribution in [0.25, 0.3) is 10.8 Å². The van der Waals surface area contributed by atoms with Crippen LogP contribution in [0, 0.1) is 5.92 Å². The largest absolute Gasteiger partial charge is 0.497 e. The molecule has 1 aliphatic heterocycles. The van der Waals surface area contributed by atoms with Crippen molar-refractivity contribution in [2.45, 2.75) is 19.4 Å². The van der Waals surface area contributed by atoms with Gasteiger partial charge in [-0.1, -0.05) is 18.2 Å². The van der Waals surface area contributed by atoms with Crippen LogP contribution in [0.5, 0.6) is 5.75 Å². The van der Waals surface area contributed by atoms with Crippen LogP contribution in [0.2, 0.25) is 0 Å². The minimum Gasteiger partial charge on any atom is -0.497 e. The van der Waals surface area contributed by atoms with Gasteiger partial charge in [-0.05, 0) is 73.4 Å². The summed E-state index contributed by atoms with van der Waals surface area (Å²) in [6.07, 6.45) is 2.67. The molecule has 1 N–H and O–H groups in total. The molecule has 0 aromatic heterocycles. The summed E-state index contributed by atoms with van der Waals surface area (Å²) in [6, 6.07) is 13.0. The van der Waals surface area contributed by atoms with Gasteiger partial charge in [-0.3, -0.25) is 0 Å². The van der Waals surface area contributed by atoms with Crippen LogP contribution in [0.1, 0.15) is 18.4 Å². The number of hydrogen-bond donors (Lipinski definition) is 1. The average molecular weight is 298 g/mol. The first kappa shape index (κ1) is 15.3. The Labute approximate surface area is 133 Å². The smallest absolute Gasteiger partial charge is 0.119 e. The van der Waals surface area contributed by atoms with Crippen LogP contribution >= 0.6 is 0 Å². The maximum absolute atomic E-state index is 5.29. The van der Waals surface area contributed by atoms with Gasteiger partial charge in [-0.25, -0.2) is 0 Å². The van der Waals surface area contributed by atoms with Gasteiger partial charge < -0.3 is 15.0 Å². The Balaban J connectivity index is 1.65. The zero-order valence-electron chi connectivity index (χ0n) is 13.6. The lowest BCUT2D eigenvalue weighted by Crippen LogP contribution is -2.36. The molecule has 0 radical (unpaired) electrons. The van der Waals surface area contributed by atoms with Crippen molar-refractivity contribution in [3.63, 3.8) is 0 Å². The number of methoxy groups -OCH3 is 1. The molecule has 1 unspecified atom stereocenters. The first-order valence-corrected chi connectivity index (χ1v) is 8.20. The van der Waals surface area contributed by atoms with E-state index in [9.17, 15) is 0 Å². The molecule has 1 atom stereocenters. The zero-order valence-corrected chi connectivity index (χ0v) is 13.6. The van der Waals surface area contributed by atoms with Crippen molar-refractivity contribution < 1.29 is 4.74 Å². The van der Waals surface area contributed by atoms with E-state index >= 15 is 0 Å². The van der Waals surface area contributed by atoms with Crippen molar-refractivity contribution in [1.29, 1.82) is 0 Å². The van der Waals surface area contributed by atoms with Crippen molar-refractivity contribution in [1.82, 2.24) is 10.2 Å². The standard InChI is InChI=1S/C19H26N2O/c1-21(14-16-4-3-9-20-12-16)13-15-5-6-18-11-19(22-2)8-7-17(18)10-15/h5-8,10-11,16,20H,3-4,9,12-14H2,1-2H3. The fourth-order valence-electron chi connectivity index (χ4n) is 3.40. The minimum absolute atomic E-state index is 0.795. The van der Waals surface area contributed by atoms with E-state index in [1.165, 1.54) is 48.8 Å². The molecule has 0 aliphatic carbocycles. The fourth-order valence-corrected chi connectivity index (χ4v) is 3.40. The Morgan fingerprint density at radius 2 is 2.00 bits per heavy atom. The maximum Gasteiger partial charge on any atom is 0.119 e. The van der Waals surface area contributed by atoms with E-state index in [1.54, 1.807) is 7.11 Å².